The van der Waals surface area contributed by atoms with Crippen molar-refractivity contribution in [2.75, 3.05) is 7.11 Å². The Bertz CT molecular complexity index is 411. The van der Waals surface area contributed by atoms with Gasteiger partial charge in [-0.05, 0) is 30.0 Å². The number of hydrogen-bond acceptors (Lipinski definition) is 3. The van der Waals surface area contributed by atoms with E-state index in [1.165, 1.54) is 0 Å². The lowest BCUT2D eigenvalue weighted by atomic mass is 9.89. The molecule has 0 heterocycles. The van der Waals surface area contributed by atoms with Crippen LogP contribution in [0.3, 0.4) is 0 Å². The third-order valence-corrected chi connectivity index (χ3v) is 3.79. The molecule has 1 aromatic rings. The lowest BCUT2D eigenvalue weighted by Gasteiger charge is -2.30. The standard InChI is InChI=1S/C18H28O3/c1-6-7-17(19)14(4)18(13(2)3)21-12-15-8-10-16(20-5)11-9-15/h6,8-11,13-14,17-19H,1,7,12H2,2-5H3/t14-,17-,18-/m0/s1. The van der Waals surface area contributed by atoms with Gasteiger partial charge in [0.25, 0.3) is 0 Å². The maximum Gasteiger partial charge on any atom is 0.118 e. The van der Waals surface area contributed by atoms with Crippen LogP contribution < -0.4 is 4.74 Å². The van der Waals surface area contributed by atoms with E-state index in [0.717, 1.165) is 11.3 Å². The summed E-state index contributed by atoms with van der Waals surface area (Å²) in [5, 5.41) is 10.1. The van der Waals surface area contributed by atoms with Gasteiger partial charge < -0.3 is 14.6 Å². The first kappa shape index (κ1) is 17.7. The van der Waals surface area contributed by atoms with Gasteiger partial charge in [0.05, 0.1) is 25.9 Å². The molecule has 0 radical (unpaired) electrons. The minimum atomic E-state index is -0.411. The van der Waals surface area contributed by atoms with Gasteiger partial charge in [0.15, 0.2) is 0 Å². The highest BCUT2D eigenvalue weighted by atomic mass is 16.5. The highest BCUT2D eigenvalue weighted by Crippen LogP contribution is 2.23. The van der Waals surface area contributed by atoms with Crippen LogP contribution in [-0.4, -0.2) is 24.4 Å². The van der Waals surface area contributed by atoms with Crippen molar-refractivity contribution >= 4 is 0 Å². The third kappa shape index (κ3) is 5.52. The van der Waals surface area contributed by atoms with Gasteiger partial charge in [-0.15, -0.1) is 6.58 Å². The molecule has 0 aromatic heterocycles. The Kier molecular flexibility index (Phi) is 7.48. The third-order valence-electron chi connectivity index (χ3n) is 3.79. The Labute approximate surface area is 128 Å². The fraction of sp³-hybridized carbons (Fsp3) is 0.556. The van der Waals surface area contributed by atoms with Crippen molar-refractivity contribution in [3.05, 3.63) is 42.5 Å². The van der Waals surface area contributed by atoms with Crippen LogP contribution >= 0.6 is 0 Å². The van der Waals surface area contributed by atoms with Crippen LogP contribution in [0.15, 0.2) is 36.9 Å². The van der Waals surface area contributed by atoms with E-state index < -0.39 is 6.10 Å². The SMILES string of the molecule is C=CC[C@H](O)[C@H](C)[C@@H](OCc1ccc(OC)cc1)C(C)C. The van der Waals surface area contributed by atoms with E-state index in [1.54, 1.807) is 13.2 Å². The van der Waals surface area contributed by atoms with Crippen molar-refractivity contribution in [3.8, 4) is 5.75 Å². The molecule has 3 heteroatoms. The molecule has 1 aromatic carbocycles. The molecular formula is C18H28O3. The summed E-state index contributed by atoms with van der Waals surface area (Å²) in [5.74, 6) is 1.26. The molecule has 0 amide bonds. The van der Waals surface area contributed by atoms with Gasteiger partial charge in [0.1, 0.15) is 5.75 Å². The zero-order valence-corrected chi connectivity index (χ0v) is 13.6. The second kappa shape index (κ2) is 8.85. The van der Waals surface area contributed by atoms with E-state index in [4.69, 9.17) is 9.47 Å². The fourth-order valence-electron chi connectivity index (χ4n) is 2.47. The van der Waals surface area contributed by atoms with Crippen molar-refractivity contribution in [3.63, 3.8) is 0 Å². The summed E-state index contributed by atoms with van der Waals surface area (Å²) in [4.78, 5) is 0. The fourth-order valence-corrected chi connectivity index (χ4v) is 2.47. The predicted octanol–water partition coefficient (Wildman–Crippen LogP) is 3.81. The maximum atomic E-state index is 10.1. The molecule has 21 heavy (non-hydrogen) atoms. The first-order chi connectivity index (χ1) is 9.99. The molecule has 3 nitrogen and oxygen atoms in total. The summed E-state index contributed by atoms with van der Waals surface area (Å²) in [6.07, 6.45) is 1.95. The summed E-state index contributed by atoms with van der Waals surface area (Å²) >= 11 is 0. The lowest BCUT2D eigenvalue weighted by Crippen LogP contribution is -2.35. The quantitative estimate of drug-likeness (QED) is 0.703. The first-order valence-corrected chi connectivity index (χ1v) is 7.53. The first-order valence-electron chi connectivity index (χ1n) is 7.53. The Morgan fingerprint density at radius 3 is 2.29 bits per heavy atom. The van der Waals surface area contributed by atoms with Gasteiger partial charge in [-0.3, -0.25) is 0 Å². The zero-order chi connectivity index (χ0) is 15.8. The van der Waals surface area contributed by atoms with E-state index in [2.05, 4.69) is 20.4 Å². The molecule has 0 saturated carbocycles. The average Bonchev–Trinajstić information content (AvgIpc) is 2.47. The van der Waals surface area contributed by atoms with Crippen LogP contribution in [-0.2, 0) is 11.3 Å². The number of benzene rings is 1. The van der Waals surface area contributed by atoms with E-state index in [0.29, 0.717) is 18.9 Å². The molecule has 3 atom stereocenters. The van der Waals surface area contributed by atoms with Gasteiger partial charge >= 0.3 is 0 Å². The zero-order valence-electron chi connectivity index (χ0n) is 13.6. The monoisotopic (exact) mass is 292 g/mol. The molecule has 1 rings (SSSR count). The van der Waals surface area contributed by atoms with Crippen molar-refractivity contribution in [1.82, 2.24) is 0 Å². The Hall–Kier alpha value is -1.32. The Balaban J connectivity index is 2.63. The highest BCUT2D eigenvalue weighted by molar-refractivity contribution is 5.26. The van der Waals surface area contributed by atoms with Gasteiger partial charge in [-0.25, -0.2) is 0 Å². The average molecular weight is 292 g/mol. The van der Waals surface area contributed by atoms with Gasteiger partial charge in [0, 0.05) is 5.92 Å². The molecular weight excluding hydrogens is 264 g/mol. The molecule has 0 aliphatic rings. The second-order valence-corrected chi connectivity index (χ2v) is 5.82. The predicted molar refractivity (Wildman–Crippen MR) is 86.4 cm³/mol. The van der Waals surface area contributed by atoms with Crippen molar-refractivity contribution in [2.24, 2.45) is 11.8 Å². The van der Waals surface area contributed by atoms with Crippen LogP contribution in [0.25, 0.3) is 0 Å². The molecule has 0 saturated heterocycles. The van der Waals surface area contributed by atoms with Crippen molar-refractivity contribution < 1.29 is 14.6 Å². The molecule has 0 aliphatic heterocycles. The van der Waals surface area contributed by atoms with Gasteiger partial charge in [0.2, 0.25) is 0 Å². The van der Waals surface area contributed by atoms with E-state index in [9.17, 15) is 5.11 Å². The van der Waals surface area contributed by atoms with Crippen LogP contribution in [0.1, 0.15) is 32.8 Å². The van der Waals surface area contributed by atoms with E-state index >= 15 is 0 Å². The van der Waals surface area contributed by atoms with Crippen LogP contribution in [0.5, 0.6) is 5.75 Å². The maximum absolute atomic E-state index is 10.1. The topological polar surface area (TPSA) is 38.7 Å². The number of aliphatic hydroxyl groups excluding tert-OH is 1. The van der Waals surface area contributed by atoms with E-state index in [-0.39, 0.29) is 12.0 Å². The molecule has 0 fully saturated rings. The number of ether oxygens (including phenoxy) is 2. The van der Waals surface area contributed by atoms with Crippen LogP contribution in [0.2, 0.25) is 0 Å². The van der Waals surface area contributed by atoms with Gasteiger partial charge in [-0.2, -0.15) is 0 Å². The van der Waals surface area contributed by atoms with Crippen molar-refractivity contribution in [2.45, 2.75) is 46.0 Å². The minimum Gasteiger partial charge on any atom is -0.497 e. The summed E-state index contributed by atoms with van der Waals surface area (Å²) in [5.41, 5.74) is 1.10. The number of aliphatic hydroxyl groups is 1. The molecule has 0 spiro atoms. The number of hydrogen-bond donors (Lipinski definition) is 1. The van der Waals surface area contributed by atoms with Crippen LogP contribution in [0, 0.1) is 11.8 Å². The summed E-state index contributed by atoms with van der Waals surface area (Å²) in [6.45, 7) is 10.5. The lowest BCUT2D eigenvalue weighted by molar-refractivity contribution is -0.0603. The van der Waals surface area contributed by atoms with Crippen molar-refractivity contribution in [1.29, 1.82) is 0 Å². The molecule has 0 aliphatic carbocycles. The van der Waals surface area contributed by atoms with E-state index in [1.807, 2.05) is 31.2 Å². The summed E-state index contributed by atoms with van der Waals surface area (Å²) < 4.78 is 11.2. The van der Waals surface area contributed by atoms with Gasteiger partial charge in [-0.1, -0.05) is 39.0 Å². The smallest absolute Gasteiger partial charge is 0.118 e. The summed E-state index contributed by atoms with van der Waals surface area (Å²) in [6, 6.07) is 7.86. The van der Waals surface area contributed by atoms with Crippen LogP contribution in [0.4, 0.5) is 0 Å². The molecule has 0 bridgehead atoms. The Morgan fingerprint density at radius 2 is 1.81 bits per heavy atom. The molecule has 1 N–H and O–H groups in total. The molecule has 0 unspecified atom stereocenters. The normalized spacial score (nSPS) is 15.5. The number of methoxy groups -OCH3 is 1. The Morgan fingerprint density at radius 1 is 1.19 bits per heavy atom. The minimum absolute atomic E-state index is 0.0158. The number of rotatable bonds is 9. The second-order valence-electron chi connectivity index (χ2n) is 5.82. The largest absolute Gasteiger partial charge is 0.497 e. The highest BCUT2D eigenvalue weighted by Gasteiger charge is 2.26. The summed E-state index contributed by atoms with van der Waals surface area (Å²) in [7, 11) is 1.66. The molecule has 118 valence electrons.